The Bertz CT molecular complexity index is 376. The molecule has 0 spiro atoms. The molecule has 1 atom stereocenters. The van der Waals surface area contributed by atoms with E-state index in [4.69, 9.17) is 0 Å². The molecule has 7 heteroatoms. The van der Waals surface area contributed by atoms with Gasteiger partial charge in [-0.2, -0.15) is 13.2 Å². The van der Waals surface area contributed by atoms with Crippen molar-refractivity contribution in [3.05, 3.63) is 12.7 Å². The normalized spacial score (nSPS) is 17.6. The van der Waals surface area contributed by atoms with Gasteiger partial charge in [0.2, 0.25) is 11.8 Å². The number of rotatable bonds is 5. The van der Waals surface area contributed by atoms with E-state index >= 15 is 0 Å². The average Bonchev–Trinajstić information content (AvgIpc) is 2.86. The summed E-state index contributed by atoms with van der Waals surface area (Å²) < 4.78 is 38.9. The van der Waals surface area contributed by atoms with E-state index < -0.39 is 36.5 Å². The standard InChI is InChI=1S/C13H19F3N2O2/c1-3-11(20)18(2)8-10(19)17-12(13(14,15)16)9-6-4-5-7-9/h3,9,12H,1,4-8H2,2H3,(H,17,19). The molecule has 0 aliphatic heterocycles. The maximum atomic E-state index is 13.0. The lowest BCUT2D eigenvalue weighted by Crippen LogP contribution is -2.52. The second kappa shape index (κ2) is 6.76. The Balaban J connectivity index is 2.63. The maximum Gasteiger partial charge on any atom is 0.408 e. The fourth-order valence-electron chi connectivity index (χ4n) is 2.43. The zero-order valence-corrected chi connectivity index (χ0v) is 11.4. The number of carbonyl (C=O) groups excluding carboxylic acids is 2. The summed E-state index contributed by atoms with van der Waals surface area (Å²) in [5, 5.41) is 2.02. The van der Waals surface area contributed by atoms with E-state index in [2.05, 4.69) is 6.58 Å². The first-order chi connectivity index (χ1) is 9.25. The maximum absolute atomic E-state index is 13.0. The van der Waals surface area contributed by atoms with Crippen LogP contribution in [0.1, 0.15) is 25.7 Å². The minimum absolute atomic E-state index is 0.413. The lowest BCUT2D eigenvalue weighted by Gasteiger charge is -2.27. The van der Waals surface area contributed by atoms with Gasteiger partial charge in [-0.1, -0.05) is 19.4 Å². The van der Waals surface area contributed by atoms with Crippen molar-refractivity contribution in [2.24, 2.45) is 5.92 Å². The van der Waals surface area contributed by atoms with Crippen LogP contribution in [0.25, 0.3) is 0 Å². The fraction of sp³-hybridized carbons (Fsp3) is 0.692. The van der Waals surface area contributed by atoms with E-state index in [0.717, 1.165) is 23.8 Å². The summed E-state index contributed by atoms with van der Waals surface area (Å²) in [6.45, 7) is 2.84. The predicted molar refractivity (Wildman–Crippen MR) is 67.8 cm³/mol. The summed E-state index contributed by atoms with van der Waals surface area (Å²) in [7, 11) is 1.34. The van der Waals surface area contributed by atoms with Crippen molar-refractivity contribution in [1.82, 2.24) is 10.2 Å². The summed E-state index contributed by atoms with van der Waals surface area (Å²) >= 11 is 0. The number of likely N-dealkylation sites (N-methyl/N-ethyl adjacent to an activating group) is 1. The van der Waals surface area contributed by atoms with E-state index in [9.17, 15) is 22.8 Å². The number of hydrogen-bond acceptors (Lipinski definition) is 2. The Morgan fingerprint density at radius 2 is 1.95 bits per heavy atom. The summed E-state index contributed by atoms with van der Waals surface area (Å²) in [6.07, 6.45) is -1.03. The molecule has 2 amide bonds. The van der Waals surface area contributed by atoms with Gasteiger partial charge in [0.15, 0.2) is 0 Å². The molecule has 4 nitrogen and oxygen atoms in total. The van der Waals surface area contributed by atoms with Crippen molar-refractivity contribution in [2.75, 3.05) is 13.6 Å². The van der Waals surface area contributed by atoms with Crippen LogP contribution in [-0.2, 0) is 9.59 Å². The first-order valence-electron chi connectivity index (χ1n) is 6.49. The number of hydrogen-bond donors (Lipinski definition) is 1. The number of carbonyl (C=O) groups is 2. The van der Waals surface area contributed by atoms with E-state index in [-0.39, 0.29) is 0 Å². The minimum Gasteiger partial charge on any atom is -0.343 e. The van der Waals surface area contributed by atoms with Crippen molar-refractivity contribution in [2.45, 2.75) is 37.9 Å². The van der Waals surface area contributed by atoms with Crippen LogP contribution in [0, 0.1) is 5.92 Å². The van der Waals surface area contributed by atoms with Crippen molar-refractivity contribution in [3.63, 3.8) is 0 Å². The molecule has 0 aromatic carbocycles. The minimum atomic E-state index is -4.47. The molecule has 1 N–H and O–H groups in total. The zero-order chi connectivity index (χ0) is 15.3. The van der Waals surface area contributed by atoms with Crippen molar-refractivity contribution in [1.29, 1.82) is 0 Å². The first-order valence-corrected chi connectivity index (χ1v) is 6.49. The third-order valence-corrected chi connectivity index (χ3v) is 3.47. The fourth-order valence-corrected chi connectivity index (χ4v) is 2.43. The van der Waals surface area contributed by atoms with Crippen LogP contribution in [0.4, 0.5) is 13.2 Å². The predicted octanol–water partition coefficient (Wildman–Crippen LogP) is 1.87. The van der Waals surface area contributed by atoms with Crippen molar-refractivity contribution in [3.8, 4) is 0 Å². The Kier molecular flexibility index (Phi) is 5.59. The monoisotopic (exact) mass is 292 g/mol. The highest BCUT2D eigenvalue weighted by Crippen LogP contribution is 2.35. The molecule has 1 saturated carbocycles. The Labute approximate surface area is 116 Å². The second-order valence-corrected chi connectivity index (χ2v) is 5.03. The van der Waals surface area contributed by atoms with Crippen LogP contribution < -0.4 is 5.32 Å². The molecule has 1 aliphatic carbocycles. The Hall–Kier alpha value is -1.53. The summed E-state index contributed by atoms with van der Waals surface area (Å²) in [5.74, 6) is -1.89. The third-order valence-electron chi connectivity index (χ3n) is 3.47. The SMILES string of the molecule is C=CC(=O)N(C)CC(=O)NC(C1CCCC1)C(F)(F)F. The van der Waals surface area contributed by atoms with E-state index in [0.29, 0.717) is 12.8 Å². The molecule has 114 valence electrons. The third kappa shape index (κ3) is 4.54. The van der Waals surface area contributed by atoms with Crippen LogP contribution in [0.5, 0.6) is 0 Å². The second-order valence-electron chi connectivity index (χ2n) is 5.03. The van der Waals surface area contributed by atoms with Gasteiger partial charge >= 0.3 is 6.18 Å². The molecular weight excluding hydrogens is 273 g/mol. The van der Waals surface area contributed by atoms with E-state index in [1.807, 2.05) is 5.32 Å². The lowest BCUT2D eigenvalue weighted by molar-refractivity contribution is -0.172. The number of nitrogens with one attached hydrogen (secondary N) is 1. The molecule has 1 fully saturated rings. The molecular formula is C13H19F3N2O2. The first kappa shape index (κ1) is 16.5. The van der Waals surface area contributed by atoms with Gasteiger partial charge in [0.1, 0.15) is 6.04 Å². The molecule has 1 rings (SSSR count). The highest BCUT2D eigenvalue weighted by atomic mass is 19.4. The number of amides is 2. The van der Waals surface area contributed by atoms with Gasteiger partial charge in [-0.25, -0.2) is 0 Å². The number of nitrogens with zero attached hydrogens (tertiary/aromatic N) is 1. The molecule has 0 saturated heterocycles. The van der Waals surface area contributed by atoms with Gasteiger partial charge in [0.05, 0.1) is 6.54 Å². The van der Waals surface area contributed by atoms with Crippen LogP contribution in [0.15, 0.2) is 12.7 Å². The molecule has 20 heavy (non-hydrogen) atoms. The molecule has 0 heterocycles. The number of halogens is 3. The Morgan fingerprint density at radius 3 is 2.40 bits per heavy atom. The highest BCUT2D eigenvalue weighted by Gasteiger charge is 2.46. The van der Waals surface area contributed by atoms with E-state index in [1.165, 1.54) is 7.05 Å². The molecule has 0 radical (unpaired) electrons. The van der Waals surface area contributed by atoms with Gasteiger partial charge in [-0.3, -0.25) is 9.59 Å². The van der Waals surface area contributed by atoms with Crippen LogP contribution in [0.2, 0.25) is 0 Å². The van der Waals surface area contributed by atoms with Gasteiger partial charge < -0.3 is 10.2 Å². The van der Waals surface area contributed by atoms with Gasteiger partial charge in [-0.05, 0) is 24.8 Å². The van der Waals surface area contributed by atoms with Crippen molar-refractivity contribution < 1.29 is 22.8 Å². The summed E-state index contributed by atoms with van der Waals surface area (Å²) in [5.41, 5.74) is 0. The van der Waals surface area contributed by atoms with E-state index in [1.54, 1.807) is 0 Å². The smallest absolute Gasteiger partial charge is 0.343 e. The topological polar surface area (TPSA) is 49.4 Å². The average molecular weight is 292 g/mol. The quantitative estimate of drug-likeness (QED) is 0.786. The zero-order valence-electron chi connectivity index (χ0n) is 11.4. The largest absolute Gasteiger partial charge is 0.408 e. The summed E-state index contributed by atoms with van der Waals surface area (Å²) in [4.78, 5) is 23.9. The van der Waals surface area contributed by atoms with Gasteiger partial charge in [-0.15, -0.1) is 0 Å². The molecule has 0 bridgehead atoms. The van der Waals surface area contributed by atoms with Gasteiger partial charge in [0, 0.05) is 7.05 Å². The van der Waals surface area contributed by atoms with Crippen LogP contribution in [-0.4, -0.2) is 42.5 Å². The highest BCUT2D eigenvalue weighted by molar-refractivity contribution is 5.90. The molecule has 1 unspecified atom stereocenters. The summed E-state index contributed by atoms with van der Waals surface area (Å²) in [6, 6.07) is -1.83. The Morgan fingerprint density at radius 1 is 1.40 bits per heavy atom. The molecule has 0 aromatic heterocycles. The molecule has 1 aliphatic rings. The van der Waals surface area contributed by atoms with Crippen LogP contribution in [0.3, 0.4) is 0 Å². The number of alkyl halides is 3. The lowest BCUT2D eigenvalue weighted by atomic mass is 9.97. The van der Waals surface area contributed by atoms with Crippen molar-refractivity contribution >= 4 is 11.8 Å². The molecule has 0 aromatic rings. The van der Waals surface area contributed by atoms with Gasteiger partial charge in [0.25, 0.3) is 0 Å². The van der Waals surface area contributed by atoms with Crippen LogP contribution >= 0.6 is 0 Å².